The Morgan fingerprint density at radius 3 is 1.25 bits per heavy atom. The third kappa shape index (κ3) is 6.00. The van der Waals surface area contributed by atoms with E-state index in [1.807, 2.05) is 0 Å². The van der Waals surface area contributed by atoms with Gasteiger partial charge in [-0.05, 0) is 0 Å². The summed E-state index contributed by atoms with van der Waals surface area (Å²) in [6.45, 7) is 0. The van der Waals surface area contributed by atoms with Gasteiger partial charge in [-0.3, -0.25) is 0 Å². The number of aliphatic carboxylic acids is 1. The van der Waals surface area contributed by atoms with E-state index in [1.165, 1.54) is 32.1 Å². The van der Waals surface area contributed by atoms with Gasteiger partial charge in [0.25, 0.3) is 0 Å². The second kappa shape index (κ2) is 5.00. The van der Waals surface area contributed by atoms with E-state index in [4.69, 9.17) is 9.90 Å². The minimum atomic E-state index is -5.08. The molecule has 0 unspecified atom stereocenters. The van der Waals surface area contributed by atoms with Crippen molar-refractivity contribution in [1.29, 1.82) is 0 Å². The van der Waals surface area contributed by atoms with Crippen LogP contribution in [0.25, 0.3) is 0 Å². The van der Waals surface area contributed by atoms with Gasteiger partial charge >= 0.3 is 12.1 Å². The Morgan fingerprint density at radius 1 is 1.00 bits per heavy atom. The molecule has 0 bridgehead atoms. The summed E-state index contributed by atoms with van der Waals surface area (Å²) in [5.41, 5.74) is 0. The van der Waals surface area contributed by atoms with Crippen molar-refractivity contribution in [1.82, 2.24) is 0 Å². The Bertz CT molecular complexity index is 130. The van der Waals surface area contributed by atoms with Gasteiger partial charge in [-0.25, -0.2) is 4.79 Å². The maximum absolute atomic E-state index is 10.6. The highest BCUT2D eigenvalue weighted by Gasteiger charge is 2.38. The minimum Gasteiger partial charge on any atom is -0.475 e. The number of hydrogen-bond acceptors (Lipinski definition) is 1. The van der Waals surface area contributed by atoms with E-state index in [9.17, 15) is 13.2 Å². The first kappa shape index (κ1) is 11.3. The first-order chi connectivity index (χ1) is 5.44. The average molecular weight is 184 g/mol. The molecule has 0 radical (unpaired) electrons. The molecular weight excluding hydrogens is 173 g/mol. The molecule has 5 heteroatoms. The van der Waals surface area contributed by atoms with Crippen LogP contribution in [0.1, 0.15) is 32.1 Å². The molecule has 2 nitrogen and oxygen atoms in total. The smallest absolute Gasteiger partial charge is 0.475 e. The molecule has 0 aliphatic heterocycles. The molecule has 0 aromatic carbocycles. The summed E-state index contributed by atoms with van der Waals surface area (Å²) in [4.78, 5) is 8.90. The maximum Gasteiger partial charge on any atom is 0.490 e. The Hall–Kier alpha value is -0.740. The van der Waals surface area contributed by atoms with Crippen LogP contribution in [0.15, 0.2) is 0 Å². The van der Waals surface area contributed by atoms with Crippen LogP contribution in [0.4, 0.5) is 13.2 Å². The largest absolute Gasteiger partial charge is 0.490 e. The number of carboxylic acids is 1. The predicted octanol–water partition coefficient (Wildman–Crippen LogP) is 2.58. The summed E-state index contributed by atoms with van der Waals surface area (Å²) in [7, 11) is 0. The number of carbonyl (C=O) groups is 1. The molecule has 1 rings (SSSR count). The highest BCUT2D eigenvalue weighted by molar-refractivity contribution is 5.73. The van der Waals surface area contributed by atoms with Gasteiger partial charge in [-0.2, -0.15) is 13.2 Å². The van der Waals surface area contributed by atoms with Crippen molar-refractivity contribution in [3.63, 3.8) is 0 Å². The molecule has 1 fully saturated rings. The molecule has 0 saturated heterocycles. The van der Waals surface area contributed by atoms with Gasteiger partial charge in [0.15, 0.2) is 0 Å². The van der Waals surface area contributed by atoms with E-state index in [0.29, 0.717) is 0 Å². The van der Waals surface area contributed by atoms with E-state index in [-0.39, 0.29) is 0 Å². The van der Waals surface area contributed by atoms with Gasteiger partial charge in [-0.15, -0.1) is 0 Å². The van der Waals surface area contributed by atoms with Crippen LogP contribution in [0.5, 0.6) is 0 Å². The summed E-state index contributed by atoms with van der Waals surface area (Å²) >= 11 is 0. The third-order valence-electron chi connectivity index (χ3n) is 1.49. The lowest BCUT2D eigenvalue weighted by Gasteiger charge is -1.93. The van der Waals surface area contributed by atoms with E-state index in [1.54, 1.807) is 0 Å². The molecule has 0 atom stereocenters. The zero-order valence-corrected chi connectivity index (χ0v) is 6.52. The standard InChI is InChI=1S/C5H10.C2HF3O2/c1-2-4-5-3-1;3-2(4,5)1(6)7/h1-5H2;(H,6,7). The molecule has 1 aliphatic rings. The lowest BCUT2D eigenvalue weighted by molar-refractivity contribution is -0.192. The van der Waals surface area contributed by atoms with Crippen LogP contribution in [-0.2, 0) is 4.79 Å². The molecule has 1 N–H and O–H groups in total. The quantitative estimate of drug-likeness (QED) is 0.628. The molecule has 12 heavy (non-hydrogen) atoms. The lowest BCUT2D eigenvalue weighted by Crippen LogP contribution is -2.21. The first-order valence-electron chi connectivity index (χ1n) is 3.74. The van der Waals surface area contributed by atoms with Crippen molar-refractivity contribution < 1.29 is 23.1 Å². The fourth-order valence-electron chi connectivity index (χ4n) is 0.884. The van der Waals surface area contributed by atoms with Gasteiger partial charge in [0, 0.05) is 0 Å². The molecule has 0 heterocycles. The highest BCUT2D eigenvalue weighted by Crippen LogP contribution is 2.15. The van der Waals surface area contributed by atoms with Gasteiger partial charge in [0.1, 0.15) is 0 Å². The molecule has 0 amide bonds. The van der Waals surface area contributed by atoms with E-state index >= 15 is 0 Å². The van der Waals surface area contributed by atoms with Crippen LogP contribution < -0.4 is 0 Å². The van der Waals surface area contributed by atoms with Gasteiger partial charge in [0.05, 0.1) is 0 Å². The van der Waals surface area contributed by atoms with E-state index in [2.05, 4.69) is 0 Å². The normalized spacial score (nSPS) is 16.6. The van der Waals surface area contributed by atoms with Crippen LogP contribution in [0.3, 0.4) is 0 Å². The van der Waals surface area contributed by atoms with Gasteiger partial charge in [-0.1, -0.05) is 32.1 Å². The average Bonchev–Trinajstić information content (AvgIpc) is 2.39. The number of hydrogen-bond donors (Lipinski definition) is 1. The maximum atomic E-state index is 10.6. The van der Waals surface area contributed by atoms with Crippen molar-refractivity contribution in [2.45, 2.75) is 38.3 Å². The Kier molecular flexibility index (Phi) is 4.70. The highest BCUT2D eigenvalue weighted by atomic mass is 19.4. The molecule has 0 aromatic rings. The molecule has 72 valence electrons. The second-order valence-corrected chi connectivity index (χ2v) is 2.57. The zero-order valence-electron chi connectivity index (χ0n) is 6.52. The molecular formula is C7H11F3O2. The SMILES string of the molecule is C1CCCC1.O=C(O)C(F)(F)F. The monoisotopic (exact) mass is 184 g/mol. The second-order valence-electron chi connectivity index (χ2n) is 2.57. The van der Waals surface area contributed by atoms with Crippen LogP contribution >= 0.6 is 0 Å². The number of halogens is 3. The van der Waals surface area contributed by atoms with Crippen LogP contribution in [0, 0.1) is 0 Å². The number of carboxylic acid groups (broad SMARTS) is 1. The topological polar surface area (TPSA) is 37.3 Å². The molecule has 1 saturated carbocycles. The molecule has 1 aliphatic carbocycles. The van der Waals surface area contributed by atoms with Crippen molar-refractivity contribution >= 4 is 5.97 Å². The van der Waals surface area contributed by atoms with E-state index < -0.39 is 12.1 Å². The van der Waals surface area contributed by atoms with Crippen molar-refractivity contribution in [3.05, 3.63) is 0 Å². The third-order valence-corrected chi connectivity index (χ3v) is 1.49. The van der Waals surface area contributed by atoms with Crippen molar-refractivity contribution in [3.8, 4) is 0 Å². The van der Waals surface area contributed by atoms with Gasteiger partial charge in [0.2, 0.25) is 0 Å². The van der Waals surface area contributed by atoms with Crippen LogP contribution in [-0.4, -0.2) is 17.3 Å². The fourth-order valence-corrected chi connectivity index (χ4v) is 0.884. The zero-order chi connectivity index (χ0) is 9.61. The number of alkyl halides is 3. The summed E-state index contributed by atoms with van der Waals surface area (Å²) in [6.07, 6.45) is 2.42. The van der Waals surface area contributed by atoms with Crippen molar-refractivity contribution in [2.75, 3.05) is 0 Å². The lowest BCUT2D eigenvalue weighted by atomic mass is 10.4. The minimum absolute atomic E-state index is 1.50. The number of rotatable bonds is 0. The summed E-state index contributed by atoms with van der Waals surface area (Å²) in [5.74, 6) is -2.76. The Labute approximate surface area is 68.4 Å². The molecule has 0 aromatic heterocycles. The molecule has 0 spiro atoms. The summed E-state index contributed by atoms with van der Waals surface area (Å²) in [6, 6.07) is 0. The van der Waals surface area contributed by atoms with Gasteiger partial charge < -0.3 is 5.11 Å². The van der Waals surface area contributed by atoms with Crippen LogP contribution in [0.2, 0.25) is 0 Å². The Balaban J connectivity index is 0.000000211. The summed E-state index contributed by atoms with van der Waals surface area (Å²) < 4.78 is 31.7. The first-order valence-corrected chi connectivity index (χ1v) is 3.74. The van der Waals surface area contributed by atoms with E-state index in [0.717, 1.165) is 0 Å². The fraction of sp³-hybridized carbons (Fsp3) is 0.857. The Morgan fingerprint density at radius 2 is 1.17 bits per heavy atom. The summed E-state index contributed by atoms with van der Waals surface area (Å²) in [5, 5.41) is 7.12. The van der Waals surface area contributed by atoms with Crippen molar-refractivity contribution in [2.24, 2.45) is 0 Å². The predicted molar refractivity (Wildman–Crippen MR) is 36.8 cm³/mol.